The van der Waals surface area contributed by atoms with Gasteiger partial charge in [-0.05, 0) is 76.8 Å². The van der Waals surface area contributed by atoms with Gasteiger partial charge in [0.2, 0.25) is 0 Å². The Labute approximate surface area is 128 Å². The molecule has 0 fully saturated rings. The summed E-state index contributed by atoms with van der Waals surface area (Å²) in [5.41, 5.74) is 6.69. The predicted molar refractivity (Wildman–Crippen MR) is 88.8 cm³/mol. The average Bonchev–Trinajstić information content (AvgIpc) is 2.72. The first-order chi connectivity index (χ1) is 9.79. The zero-order valence-corrected chi connectivity index (χ0v) is 14.3. The summed E-state index contributed by atoms with van der Waals surface area (Å²) in [5, 5.41) is 3.69. The minimum absolute atomic E-state index is 0.276. The van der Waals surface area contributed by atoms with Crippen LogP contribution in [-0.2, 0) is 0 Å². The highest BCUT2D eigenvalue weighted by Crippen LogP contribution is 2.27. The molecule has 1 heterocycles. The molecule has 1 aromatic heterocycles. The van der Waals surface area contributed by atoms with Crippen LogP contribution in [0, 0.1) is 34.6 Å². The molecule has 1 N–H and O–H groups in total. The average molecular weight is 285 g/mol. The largest absolute Gasteiger partial charge is 0.466 e. The number of hydrogen-bond acceptors (Lipinski definition) is 2. The SMILES string of the molecule is Cc1cc(C(C)NC(C)c2cc(C)c(C)cc2C)c(C)o1. The van der Waals surface area contributed by atoms with E-state index in [2.05, 4.69) is 58.1 Å². The van der Waals surface area contributed by atoms with Gasteiger partial charge in [0.15, 0.2) is 0 Å². The van der Waals surface area contributed by atoms with Crippen LogP contribution in [0.4, 0.5) is 0 Å². The lowest BCUT2D eigenvalue weighted by atomic mass is 9.95. The van der Waals surface area contributed by atoms with Crippen LogP contribution in [0.5, 0.6) is 0 Å². The Kier molecular flexibility index (Phi) is 4.58. The quantitative estimate of drug-likeness (QED) is 0.831. The van der Waals surface area contributed by atoms with Crippen molar-refractivity contribution in [3.05, 3.63) is 57.5 Å². The van der Waals surface area contributed by atoms with E-state index in [1.807, 2.05) is 13.8 Å². The molecule has 0 spiro atoms. The second-order valence-corrected chi connectivity index (χ2v) is 6.27. The van der Waals surface area contributed by atoms with Crippen LogP contribution in [0.25, 0.3) is 0 Å². The van der Waals surface area contributed by atoms with E-state index in [0.717, 1.165) is 11.5 Å². The number of nitrogens with one attached hydrogen (secondary N) is 1. The summed E-state index contributed by atoms with van der Waals surface area (Å²) in [4.78, 5) is 0. The van der Waals surface area contributed by atoms with Crippen LogP contribution in [-0.4, -0.2) is 0 Å². The molecule has 21 heavy (non-hydrogen) atoms. The molecule has 114 valence electrons. The zero-order valence-electron chi connectivity index (χ0n) is 14.3. The number of aryl methyl sites for hydroxylation is 5. The van der Waals surface area contributed by atoms with Crippen LogP contribution < -0.4 is 5.32 Å². The molecule has 0 saturated heterocycles. The Morgan fingerprint density at radius 2 is 1.33 bits per heavy atom. The molecule has 2 aromatic rings. The maximum Gasteiger partial charge on any atom is 0.105 e. The van der Waals surface area contributed by atoms with E-state index in [9.17, 15) is 0 Å². The zero-order chi connectivity index (χ0) is 15.7. The van der Waals surface area contributed by atoms with Crippen molar-refractivity contribution in [2.45, 2.75) is 60.5 Å². The van der Waals surface area contributed by atoms with Crippen molar-refractivity contribution in [2.24, 2.45) is 0 Å². The lowest BCUT2D eigenvalue weighted by Gasteiger charge is -2.22. The highest BCUT2D eigenvalue weighted by molar-refractivity contribution is 5.38. The first kappa shape index (κ1) is 15.8. The van der Waals surface area contributed by atoms with Crippen molar-refractivity contribution in [3.63, 3.8) is 0 Å². The Morgan fingerprint density at radius 3 is 1.90 bits per heavy atom. The summed E-state index contributed by atoms with van der Waals surface area (Å²) in [7, 11) is 0. The van der Waals surface area contributed by atoms with Crippen molar-refractivity contribution < 1.29 is 4.42 Å². The fourth-order valence-electron chi connectivity index (χ4n) is 3.08. The monoisotopic (exact) mass is 285 g/mol. The fourth-order valence-corrected chi connectivity index (χ4v) is 3.08. The van der Waals surface area contributed by atoms with Gasteiger partial charge in [0.05, 0.1) is 0 Å². The Bertz CT molecular complexity index is 639. The van der Waals surface area contributed by atoms with E-state index in [4.69, 9.17) is 4.42 Å². The molecular formula is C19H27NO. The first-order valence-corrected chi connectivity index (χ1v) is 7.70. The van der Waals surface area contributed by atoms with E-state index in [1.54, 1.807) is 0 Å². The van der Waals surface area contributed by atoms with Gasteiger partial charge in [0.1, 0.15) is 11.5 Å². The van der Waals surface area contributed by atoms with Gasteiger partial charge >= 0.3 is 0 Å². The molecule has 2 atom stereocenters. The second kappa shape index (κ2) is 6.07. The number of hydrogen-bond donors (Lipinski definition) is 1. The third-order valence-electron chi connectivity index (χ3n) is 4.39. The van der Waals surface area contributed by atoms with Gasteiger partial charge < -0.3 is 9.73 Å². The number of rotatable bonds is 4. The van der Waals surface area contributed by atoms with Gasteiger partial charge in [-0.1, -0.05) is 12.1 Å². The van der Waals surface area contributed by atoms with Crippen molar-refractivity contribution >= 4 is 0 Å². The Balaban J connectivity index is 2.20. The van der Waals surface area contributed by atoms with Crippen LogP contribution in [0.3, 0.4) is 0 Å². The smallest absolute Gasteiger partial charge is 0.105 e. The van der Waals surface area contributed by atoms with E-state index >= 15 is 0 Å². The van der Waals surface area contributed by atoms with Gasteiger partial charge in [-0.2, -0.15) is 0 Å². The fraction of sp³-hybridized carbons (Fsp3) is 0.474. The van der Waals surface area contributed by atoms with Crippen LogP contribution in [0.1, 0.15) is 65.3 Å². The molecule has 1 aromatic carbocycles. The highest BCUT2D eigenvalue weighted by Gasteiger charge is 2.17. The van der Waals surface area contributed by atoms with Gasteiger partial charge in [0, 0.05) is 17.6 Å². The molecule has 2 nitrogen and oxygen atoms in total. The summed E-state index contributed by atoms with van der Waals surface area (Å²) in [5.74, 6) is 1.99. The minimum atomic E-state index is 0.276. The van der Waals surface area contributed by atoms with Gasteiger partial charge in [-0.25, -0.2) is 0 Å². The normalized spacial score (nSPS) is 14.2. The van der Waals surface area contributed by atoms with Gasteiger partial charge in [-0.3, -0.25) is 0 Å². The molecule has 2 rings (SSSR count). The molecule has 0 saturated carbocycles. The van der Waals surface area contributed by atoms with E-state index in [1.165, 1.54) is 27.8 Å². The van der Waals surface area contributed by atoms with Crippen molar-refractivity contribution in [3.8, 4) is 0 Å². The Morgan fingerprint density at radius 1 is 0.762 bits per heavy atom. The lowest BCUT2D eigenvalue weighted by molar-refractivity contribution is 0.468. The summed E-state index contributed by atoms with van der Waals surface area (Å²) in [6, 6.07) is 7.31. The second-order valence-electron chi connectivity index (χ2n) is 6.27. The minimum Gasteiger partial charge on any atom is -0.466 e. The predicted octanol–water partition coefficient (Wildman–Crippen LogP) is 5.23. The molecule has 0 bridgehead atoms. The summed E-state index contributed by atoms with van der Waals surface area (Å²) >= 11 is 0. The molecule has 0 aliphatic heterocycles. The standard InChI is InChI=1S/C19H27NO/c1-11-8-13(3)18(9-12(11)2)15(5)20-16(6)19-10-14(4)21-17(19)7/h8-10,15-16,20H,1-7H3. The third-order valence-corrected chi connectivity index (χ3v) is 4.39. The van der Waals surface area contributed by atoms with Gasteiger partial charge in [-0.15, -0.1) is 0 Å². The van der Waals surface area contributed by atoms with Crippen molar-refractivity contribution in [1.82, 2.24) is 5.32 Å². The van der Waals surface area contributed by atoms with E-state index in [-0.39, 0.29) is 6.04 Å². The molecular weight excluding hydrogens is 258 g/mol. The molecule has 0 amide bonds. The topological polar surface area (TPSA) is 25.2 Å². The maximum atomic E-state index is 5.64. The molecule has 2 heteroatoms. The van der Waals surface area contributed by atoms with Crippen LogP contribution >= 0.6 is 0 Å². The lowest BCUT2D eigenvalue weighted by Crippen LogP contribution is -2.23. The Hall–Kier alpha value is -1.54. The number of furan rings is 1. The summed E-state index contributed by atoms with van der Waals surface area (Å²) < 4.78 is 5.64. The molecule has 0 radical (unpaired) electrons. The van der Waals surface area contributed by atoms with Gasteiger partial charge in [0.25, 0.3) is 0 Å². The molecule has 0 aliphatic rings. The molecule has 0 aliphatic carbocycles. The number of benzene rings is 1. The third kappa shape index (κ3) is 3.38. The summed E-state index contributed by atoms with van der Waals surface area (Å²) in [6.07, 6.45) is 0. The van der Waals surface area contributed by atoms with E-state index < -0.39 is 0 Å². The maximum absolute atomic E-state index is 5.64. The van der Waals surface area contributed by atoms with Crippen LogP contribution in [0.2, 0.25) is 0 Å². The van der Waals surface area contributed by atoms with Crippen molar-refractivity contribution in [1.29, 1.82) is 0 Å². The van der Waals surface area contributed by atoms with Crippen LogP contribution in [0.15, 0.2) is 22.6 Å². The first-order valence-electron chi connectivity index (χ1n) is 7.70. The summed E-state index contributed by atoms with van der Waals surface area (Å²) in [6.45, 7) is 15.0. The van der Waals surface area contributed by atoms with Crippen molar-refractivity contribution in [2.75, 3.05) is 0 Å². The highest BCUT2D eigenvalue weighted by atomic mass is 16.3. The molecule has 2 unspecified atom stereocenters. The van der Waals surface area contributed by atoms with E-state index in [0.29, 0.717) is 6.04 Å².